The van der Waals surface area contributed by atoms with Gasteiger partial charge in [-0.05, 0) is 80.1 Å². The van der Waals surface area contributed by atoms with Crippen LogP contribution in [0.2, 0.25) is 0 Å². The zero-order chi connectivity index (χ0) is 40.8. The molecule has 16 heteroatoms. The SMILES string of the molecule is ClCCl.O=C1c2cc3ccccc3cc2C2=Nc3ccc4ccccc4[n+]3[B-](F)(F)N12.O=C1c2cc3ccccc3cc2C2=Nc3ccc4ccccc4[n+]3[B-](F)(F)N12. The van der Waals surface area contributed by atoms with Crippen molar-refractivity contribution in [3.8, 4) is 0 Å². The first-order valence-electron chi connectivity index (χ1n) is 18.5. The lowest BCUT2D eigenvalue weighted by atomic mass is 9.90. The van der Waals surface area contributed by atoms with Crippen LogP contribution in [-0.4, -0.2) is 52.4 Å². The van der Waals surface area contributed by atoms with E-state index in [4.69, 9.17) is 23.2 Å². The standard InChI is InChI=1S/2C21H12BF2N3O.CH2Cl2/c2*23-22(24)26-18-8-4-3-5-13(18)9-10-19(26)25-20-16-11-14-6-1-2-7-15(14)12-17(16)21(28)27(20)22;2-1-3/h2*1-12H;1H2. The van der Waals surface area contributed by atoms with Crippen molar-refractivity contribution in [3.63, 3.8) is 0 Å². The first-order valence-corrected chi connectivity index (χ1v) is 19.5. The van der Waals surface area contributed by atoms with Gasteiger partial charge >= 0.3 is 13.9 Å². The highest BCUT2D eigenvalue weighted by atomic mass is 35.5. The Kier molecular flexibility index (Phi) is 8.38. The van der Waals surface area contributed by atoms with Crippen LogP contribution < -0.4 is 8.96 Å². The van der Waals surface area contributed by atoms with Gasteiger partial charge in [0.25, 0.3) is 11.6 Å². The third-order valence-electron chi connectivity index (χ3n) is 11.0. The fourth-order valence-corrected chi connectivity index (χ4v) is 8.44. The van der Waals surface area contributed by atoms with Crippen LogP contribution in [0.5, 0.6) is 0 Å². The normalized spacial score (nSPS) is 16.2. The van der Waals surface area contributed by atoms with Crippen molar-refractivity contribution in [2.45, 2.75) is 0 Å². The van der Waals surface area contributed by atoms with Gasteiger partial charge in [0.05, 0.1) is 38.6 Å². The van der Waals surface area contributed by atoms with Gasteiger partial charge in [-0.15, -0.1) is 23.2 Å². The van der Waals surface area contributed by atoms with Crippen molar-refractivity contribution in [2.75, 3.05) is 5.34 Å². The number of carbonyl (C=O) groups excluding carboxylic acids is 2. The number of aromatic nitrogens is 2. The summed E-state index contributed by atoms with van der Waals surface area (Å²) in [5, 5.41) is 4.96. The first-order chi connectivity index (χ1) is 28.5. The molecule has 288 valence electrons. The molecule has 6 heterocycles. The van der Waals surface area contributed by atoms with Gasteiger partial charge in [0.15, 0.2) is 0 Å². The van der Waals surface area contributed by atoms with Crippen LogP contribution in [0.3, 0.4) is 0 Å². The Morgan fingerprint density at radius 2 is 0.763 bits per heavy atom. The summed E-state index contributed by atoms with van der Waals surface area (Å²) in [6, 6.07) is 42.3. The summed E-state index contributed by atoms with van der Waals surface area (Å²) in [6.45, 7) is -8.77. The molecule has 2 aromatic heterocycles. The number of nitrogens with zero attached hydrogens (tertiary/aromatic N) is 6. The molecule has 4 aliphatic heterocycles. The van der Waals surface area contributed by atoms with E-state index in [1.165, 1.54) is 0 Å². The Bertz CT molecular complexity index is 3010. The van der Waals surface area contributed by atoms with Crippen LogP contribution >= 0.6 is 23.2 Å². The third-order valence-corrected chi connectivity index (χ3v) is 11.0. The lowest BCUT2D eigenvalue weighted by Gasteiger charge is -2.34. The van der Waals surface area contributed by atoms with Gasteiger partial charge in [-0.25, -0.2) is 0 Å². The number of amidine groups is 2. The molecule has 0 radical (unpaired) electrons. The van der Waals surface area contributed by atoms with Crippen molar-refractivity contribution < 1.29 is 35.8 Å². The number of halogens is 6. The quantitative estimate of drug-likeness (QED) is 0.0869. The summed E-state index contributed by atoms with van der Waals surface area (Å²) in [7, 11) is 0. The molecule has 0 aliphatic carbocycles. The molecule has 12 rings (SSSR count). The molecule has 0 saturated carbocycles. The number of rotatable bonds is 0. The zero-order valence-electron chi connectivity index (χ0n) is 30.5. The van der Waals surface area contributed by atoms with Gasteiger partial charge in [-0.3, -0.25) is 9.59 Å². The van der Waals surface area contributed by atoms with E-state index < -0.39 is 25.8 Å². The lowest BCUT2D eigenvalue weighted by molar-refractivity contribution is -0.532. The minimum atomic E-state index is -4.38. The number of fused-ring (bicyclic) bond motifs is 14. The van der Waals surface area contributed by atoms with Crippen molar-refractivity contribution in [1.29, 1.82) is 0 Å². The highest BCUT2D eigenvalue weighted by Crippen LogP contribution is 2.38. The third kappa shape index (κ3) is 5.46. The average molecular weight is 827 g/mol. The Labute approximate surface area is 343 Å². The van der Waals surface area contributed by atoms with E-state index in [2.05, 4.69) is 9.98 Å². The maximum absolute atomic E-state index is 15.7. The maximum Gasteiger partial charge on any atom is 0.644 e. The molecule has 4 aliphatic rings. The highest BCUT2D eigenvalue weighted by molar-refractivity contribution is 6.65. The van der Waals surface area contributed by atoms with Crippen molar-refractivity contribution in [2.24, 2.45) is 9.98 Å². The second kappa shape index (κ2) is 13.5. The topological polar surface area (TPSA) is 73.1 Å². The van der Waals surface area contributed by atoms with Gasteiger partial charge in [-0.2, -0.15) is 0 Å². The molecule has 6 aromatic carbocycles. The average Bonchev–Trinajstić information content (AvgIpc) is 3.68. The number of alkyl halides is 2. The Hall–Kier alpha value is -6.63. The van der Waals surface area contributed by atoms with Crippen LogP contribution in [0.1, 0.15) is 31.8 Å². The number of para-hydroxylation sites is 2. The van der Waals surface area contributed by atoms with Crippen LogP contribution in [0.4, 0.5) is 28.9 Å². The van der Waals surface area contributed by atoms with Crippen LogP contribution in [0, 0.1) is 0 Å². The highest BCUT2D eigenvalue weighted by Gasteiger charge is 2.58. The predicted octanol–water partition coefficient (Wildman–Crippen LogP) is 9.52. The smallest absolute Gasteiger partial charge is 0.414 e. The van der Waals surface area contributed by atoms with Crippen molar-refractivity contribution in [3.05, 3.63) is 168 Å². The Balaban J connectivity index is 0.000000134. The maximum atomic E-state index is 15.7. The fraction of sp³-hybridized carbons (Fsp3) is 0.0233. The number of hydrogen-bond donors (Lipinski definition) is 0. The number of carbonyl (C=O) groups is 2. The van der Waals surface area contributed by atoms with Gasteiger partial charge in [0.2, 0.25) is 23.5 Å². The second-order valence-corrected chi connectivity index (χ2v) is 15.0. The number of pyridine rings is 2. The largest absolute Gasteiger partial charge is 0.644 e. The molecule has 8 nitrogen and oxygen atoms in total. The molecule has 0 N–H and O–H groups in total. The minimum absolute atomic E-state index is 0.0195. The van der Waals surface area contributed by atoms with Crippen molar-refractivity contribution >= 4 is 116 Å². The molecule has 59 heavy (non-hydrogen) atoms. The number of amides is 2. The molecular formula is C43H26B2Cl2F4N6O2. The van der Waals surface area contributed by atoms with Gasteiger partial charge in [0, 0.05) is 22.9 Å². The first kappa shape index (κ1) is 36.7. The Morgan fingerprint density at radius 1 is 0.458 bits per heavy atom. The fourth-order valence-electron chi connectivity index (χ4n) is 8.44. The number of benzene rings is 6. The molecule has 0 spiro atoms. The molecule has 0 saturated heterocycles. The Morgan fingerprint density at radius 3 is 1.12 bits per heavy atom. The number of aliphatic imine (C=N–C) groups is 2. The van der Waals surface area contributed by atoms with Crippen LogP contribution in [0.15, 0.2) is 156 Å². The molecule has 0 unspecified atom stereocenters. The monoisotopic (exact) mass is 826 g/mol. The minimum Gasteiger partial charge on any atom is -0.414 e. The van der Waals surface area contributed by atoms with Crippen LogP contribution in [-0.2, 0) is 0 Å². The van der Waals surface area contributed by atoms with E-state index >= 15 is 17.3 Å². The van der Waals surface area contributed by atoms with E-state index in [-0.39, 0.29) is 39.8 Å². The molecule has 0 fully saturated rings. The summed E-state index contributed by atoms with van der Waals surface area (Å²) in [5.41, 5.74) is 2.12. The number of hydrogen-bond acceptors (Lipinski definition) is 4. The summed E-state index contributed by atoms with van der Waals surface area (Å²) in [5.74, 6) is -1.10. The molecule has 2 amide bonds. The van der Waals surface area contributed by atoms with E-state index in [0.717, 1.165) is 30.5 Å². The summed E-state index contributed by atoms with van der Waals surface area (Å²) >= 11 is 9.53. The molecular weight excluding hydrogens is 801 g/mol. The van der Waals surface area contributed by atoms with E-state index in [9.17, 15) is 9.59 Å². The summed E-state index contributed by atoms with van der Waals surface area (Å²) < 4.78 is 64.6. The van der Waals surface area contributed by atoms with E-state index in [1.807, 2.05) is 48.5 Å². The molecule has 8 aromatic rings. The van der Waals surface area contributed by atoms with E-state index in [1.54, 1.807) is 97.1 Å². The second-order valence-electron chi connectivity index (χ2n) is 14.2. The van der Waals surface area contributed by atoms with Gasteiger partial charge < -0.3 is 35.8 Å². The van der Waals surface area contributed by atoms with Gasteiger partial charge in [0.1, 0.15) is 0 Å². The van der Waals surface area contributed by atoms with Gasteiger partial charge in [-0.1, -0.05) is 84.9 Å². The molecule has 0 atom stereocenters. The lowest BCUT2D eigenvalue weighted by Crippen LogP contribution is -2.72. The predicted molar refractivity (Wildman–Crippen MR) is 224 cm³/mol. The summed E-state index contributed by atoms with van der Waals surface area (Å²) in [4.78, 5) is 36.1. The van der Waals surface area contributed by atoms with E-state index in [0.29, 0.717) is 42.6 Å². The summed E-state index contributed by atoms with van der Waals surface area (Å²) in [6.07, 6.45) is 0. The molecule has 0 bridgehead atoms. The zero-order valence-corrected chi connectivity index (χ0v) is 32.0. The van der Waals surface area contributed by atoms with Crippen LogP contribution in [0.25, 0.3) is 43.4 Å². The van der Waals surface area contributed by atoms with Crippen molar-refractivity contribution in [1.82, 2.24) is 9.62 Å².